The first-order chi connectivity index (χ1) is 8.13. The number of carbonyl (C=O) groups excluding carboxylic acids is 1. The molecule has 0 saturated heterocycles. The van der Waals surface area contributed by atoms with Gasteiger partial charge in [-0.15, -0.1) is 11.3 Å². The van der Waals surface area contributed by atoms with Crippen LogP contribution in [-0.4, -0.2) is 17.0 Å². The van der Waals surface area contributed by atoms with Crippen LogP contribution in [0.4, 0.5) is 5.00 Å². The molecule has 0 saturated carbocycles. The zero-order chi connectivity index (χ0) is 12.4. The fraction of sp³-hybridized carbons (Fsp3) is 0.500. The topological polar surface area (TPSA) is 66.4 Å². The van der Waals surface area contributed by atoms with Crippen LogP contribution in [0.25, 0.3) is 0 Å². The number of carboxylic acids is 1. The van der Waals surface area contributed by atoms with Gasteiger partial charge in [-0.3, -0.25) is 4.79 Å². The minimum atomic E-state index is -0.934. The van der Waals surface area contributed by atoms with Gasteiger partial charge in [0.15, 0.2) is 0 Å². The molecule has 0 fully saturated rings. The highest BCUT2D eigenvalue weighted by Crippen LogP contribution is 2.39. The number of aryl methyl sites for hydroxylation is 1. The molecule has 92 valence electrons. The van der Waals surface area contributed by atoms with Crippen LogP contribution >= 0.6 is 11.3 Å². The van der Waals surface area contributed by atoms with Crippen LogP contribution in [0, 0.1) is 0 Å². The zero-order valence-electron chi connectivity index (χ0n) is 9.71. The number of aromatic carboxylic acids is 1. The smallest absolute Gasteiger partial charge is 0.339 e. The first-order valence-corrected chi connectivity index (χ1v) is 6.62. The molecule has 1 heterocycles. The van der Waals surface area contributed by atoms with Crippen molar-refractivity contribution in [3.05, 3.63) is 16.0 Å². The molecule has 1 amide bonds. The predicted octanol–water partition coefficient (Wildman–Crippen LogP) is 2.67. The van der Waals surface area contributed by atoms with Gasteiger partial charge in [0.1, 0.15) is 5.00 Å². The van der Waals surface area contributed by atoms with E-state index >= 15 is 0 Å². The third kappa shape index (κ3) is 2.34. The molecule has 0 spiro atoms. The Hall–Kier alpha value is -1.36. The second-order valence-electron chi connectivity index (χ2n) is 4.16. The van der Waals surface area contributed by atoms with Crippen molar-refractivity contribution in [2.75, 3.05) is 5.32 Å². The van der Waals surface area contributed by atoms with E-state index in [1.165, 1.54) is 11.3 Å². The van der Waals surface area contributed by atoms with Gasteiger partial charge in [0, 0.05) is 11.3 Å². The summed E-state index contributed by atoms with van der Waals surface area (Å²) in [7, 11) is 0. The highest BCUT2D eigenvalue weighted by molar-refractivity contribution is 7.17. The normalized spacial score (nSPS) is 13.5. The predicted molar refractivity (Wildman–Crippen MR) is 66.8 cm³/mol. The van der Waals surface area contributed by atoms with Crippen molar-refractivity contribution in [3.8, 4) is 0 Å². The number of amides is 1. The van der Waals surface area contributed by atoms with Crippen LogP contribution < -0.4 is 5.32 Å². The van der Waals surface area contributed by atoms with Crippen LogP contribution in [0.3, 0.4) is 0 Å². The van der Waals surface area contributed by atoms with Gasteiger partial charge in [0.05, 0.1) is 5.56 Å². The van der Waals surface area contributed by atoms with Gasteiger partial charge in [-0.2, -0.15) is 0 Å². The molecule has 1 aromatic heterocycles. The molecule has 1 aliphatic carbocycles. The maximum atomic E-state index is 11.5. The molecule has 2 rings (SSSR count). The molecule has 0 unspecified atom stereocenters. The first-order valence-electron chi connectivity index (χ1n) is 5.81. The van der Waals surface area contributed by atoms with Crippen LogP contribution in [-0.2, 0) is 17.6 Å². The summed E-state index contributed by atoms with van der Waals surface area (Å²) in [6.07, 6.45) is 3.96. The lowest BCUT2D eigenvalue weighted by molar-refractivity contribution is -0.116. The van der Waals surface area contributed by atoms with Gasteiger partial charge < -0.3 is 10.4 Å². The van der Waals surface area contributed by atoms with E-state index in [-0.39, 0.29) is 5.91 Å². The largest absolute Gasteiger partial charge is 0.478 e. The minimum absolute atomic E-state index is 0.102. The van der Waals surface area contributed by atoms with Crippen LogP contribution in [0.5, 0.6) is 0 Å². The highest BCUT2D eigenvalue weighted by atomic mass is 32.1. The number of carboxylic acid groups (broad SMARTS) is 1. The van der Waals surface area contributed by atoms with E-state index in [0.717, 1.165) is 36.1 Å². The number of nitrogens with one attached hydrogen (secondary N) is 1. The van der Waals surface area contributed by atoms with Gasteiger partial charge in [0.2, 0.25) is 5.91 Å². The Balaban J connectivity index is 2.28. The van der Waals surface area contributed by atoms with E-state index in [1.807, 2.05) is 6.92 Å². The summed E-state index contributed by atoms with van der Waals surface area (Å²) >= 11 is 1.42. The Labute approximate surface area is 104 Å². The monoisotopic (exact) mass is 253 g/mol. The van der Waals surface area contributed by atoms with Crippen molar-refractivity contribution >= 4 is 28.2 Å². The van der Waals surface area contributed by atoms with E-state index < -0.39 is 5.97 Å². The molecule has 1 aromatic rings. The number of anilines is 1. The molecule has 0 bridgehead atoms. The van der Waals surface area contributed by atoms with E-state index in [9.17, 15) is 14.7 Å². The average Bonchev–Trinajstić information content (AvgIpc) is 2.76. The van der Waals surface area contributed by atoms with Crippen LogP contribution in [0.1, 0.15) is 47.0 Å². The lowest BCUT2D eigenvalue weighted by atomic mass is 10.1. The SMILES string of the molecule is CCCC(=O)Nc1sc2c(c1C(=O)O)CCC2. The standard InChI is InChI=1S/C12H15NO3S/c1-2-4-9(14)13-11-10(12(15)16)7-5-3-6-8(7)17-11/h2-6H2,1H3,(H,13,14)(H,15,16). The number of carbonyl (C=O) groups is 2. The van der Waals surface area contributed by atoms with Gasteiger partial charge in [0.25, 0.3) is 0 Å². The van der Waals surface area contributed by atoms with Crippen molar-refractivity contribution in [2.45, 2.75) is 39.0 Å². The van der Waals surface area contributed by atoms with Gasteiger partial charge in [-0.25, -0.2) is 4.79 Å². The fourth-order valence-electron chi connectivity index (χ4n) is 2.13. The maximum absolute atomic E-state index is 11.5. The third-order valence-corrected chi connectivity index (χ3v) is 4.07. The van der Waals surface area contributed by atoms with Gasteiger partial charge in [-0.1, -0.05) is 6.92 Å². The molecule has 0 aliphatic heterocycles. The zero-order valence-corrected chi connectivity index (χ0v) is 10.5. The quantitative estimate of drug-likeness (QED) is 0.867. The molecule has 4 nitrogen and oxygen atoms in total. The Morgan fingerprint density at radius 2 is 2.18 bits per heavy atom. The van der Waals surface area contributed by atoms with Crippen molar-refractivity contribution in [2.24, 2.45) is 0 Å². The van der Waals surface area contributed by atoms with Gasteiger partial charge >= 0.3 is 5.97 Å². The number of hydrogen-bond acceptors (Lipinski definition) is 3. The van der Waals surface area contributed by atoms with Crippen LogP contribution in [0.15, 0.2) is 0 Å². The summed E-state index contributed by atoms with van der Waals surface area (Å²) in [4.78, 5) is 23.9. The molecule has 1 aliphatic rings. The third-order valence-electron chi connectivity index (χ3n) is 2.87. The van der Waals surface area contributed by atoms with E-state index in [0.29, 0.717) is 17.0 Å². The van der Waals surface area contributed by atoms with E-state index in [1.54, 1.807) is 0 Å². The minimum Gasteiger partial charge on any atom is -0.478 e. The van der Waals surface area contributed by atoms with E-state index in [4.69, 9.17) is 0 Å². The Kier molecular flexibility index (Phi) is 3.47. The Morgan fingerprint density at radius 1 is 1.41 bits per heavy atom. The molecule has 0 atom stereocenters. The van der Waals surface area contributed by atoms with Crippen molar-refractivity contribution in [1.29, 1.82) is 0 Å². The van der Waals surface area contributed by atoms with E-state index in [2.05, 4.69) is 5.32 Å². The van der Waals surface area contributed by atoms with Crippen molar-refractivity contribution in [1.82, 2.24) is 0 Å². The molecule has 0 radical (unpaired) electrons. The lowest BCUT2D eigenvalue weighted by Crippen LogP contribution is -2.12. The Bertz CT molecular complexity index is 465. The molecular formula is C12H15NO3S. The summed E-state index contributed by atoms with van der Waals surface area (Å²) in [5.41, 5.74) is 1.24. The summed E-state index contributed by atoms with van der Waals surface area (Å²) in [5.74, 6) is -1.04. The number of fused-ring (bicyclic) bond motifs is 1. The highest BCUT2D eigenvalue weighted by Gasteiger charge is 2.26. The second kappa shape index (κ2) is 4.87. The van der Waals surface area contributed by atoms with Crippen molar-refractivity contribution < 1.29 is 14.7 Å². The number of hydrogen-bond donors (Lipinski definition) is 2. The molecule has 0 aromatic carbocycles. The molecule has 5 heteroatoms. The summed E-state index contributed by atoms with van der Waals surface area (Å²) in [5, 5.41) is 12.5. The average molecular weight is 253 g/mol. The van der Waals surface area contributed by atoms with Crippen LogP contribution in [0.2, 0.25) is 0 Å². The molecular weight excluding hydrogens is 238 g/mol. The maximum Gasteiger partial charge on any atom is 0.339 e. The Morgan fingerprint density at radius 3 is 2.82 bits per heavy atom. The van der Waals surface area contributed by atoms with Crippen molar-refractivity contribution in [3.63, 3.8) is 0 Å². The van der Waals surface area contributed by atoms with Gasteiger partial charge in [-0.05, 0) is 31.2 Å². The summed E-state index contributed by atoms with van der Waals surface area (Å²) in [6.45, 7) is 1.92. The first kappa shape index (κ1) is 12.1. The molecule has 17 heavy (non-hydrogen) atoms. The lowest BCUT2D eigenvalue weighted by Gasteiger charge is -2.04. The molecule has 2 N–H and O–H groups in total. The summed E-state index contributed by atoms with van der Waals surface area (Å²) in [6, 6.07) is 0. The number of thiophene rings is 1. The second-order valence-corrected chi connectivity index (χ2v) is 5.27. The summed E-state index contributed by atoms with van der Waals surface area (Å²) < 4.78 is 0. The number of rotatable bonds is 4. The fourth-order valence-corrected chi connectivity index (χ4v) is 3.43.